The first-order chi connectivity index (χ1) is 11.2. The Kier molecular flexibility index (Phi) is 5.87. The fraction of sp³-hybridized carbons (Fsp3) is 0.588. The SMILES string of the molecule is CN=C(NCc1ccc(CS(=O)(=O)NC)cc1)N1CCC(C)(C)C1. The molecular weight excluding hydrogens is 324 g/mol. The minimum absolute atomic E-state index is 0.00172. The summed E-state index contributed by atoms with van der Waals surface area (Å²) in [5.41, 5.74) is 2.21. The van der Waals surface area contributed by atoms with Gasteiger partial charge in [-0.1, -0.05) is 38.1 Å². The minimum atomic E-state index is -3.23. The second-order valence-electron chi connectivity index (χ2n) is 7.02. The van der Waals surface area contributed by atoms with Crippen LogP contribution in [0.1, 0.15) is 31.4 Å². The third-order valence-electron chi connectivity index (χ3n) is 4.33. The monoisotopic (exact) mass is 352 g/mol. The molecule has 24 heavy (non-hydrogen) atoms. The molecule has 0 amide bonds. The smallest absolute Gasteiger partial charge is 0.215 e. The standard InChI is InChI=1S/C17H28N4O2S/c1-17(2)9-10-21(13-17)16(18-3)20-11-14-5-7-15(8-6-14)12-24(22,23)19-4/h5-8,19H,9-13H2,1-4H3,(H,18,20). The summed E-state index contributed by atoms with van der Waals surface area (Å²) in [6.45, 7) is 7.25. The van der Waals surface area contributed by atoms with Crippen molar-refractivity contribution in [1.82, 2.24) is 14.9 Å². The van der Waals surface area contributed by atoms with Gasteiger partial charge >= 0.3 is 0 Å². The first-order valence-corrected chi connectivity index (χ1v) is 9.84. The highest BCUT2D eigenvalue weighted by molar-refractivity contribution is 7.88. The molecule has 0 radical (unpaired) electrons. The molecule has 2 N–H and O–H groups in total. The van der Waals surface area contributed by atoms with Crippen LogP contribution in [0, 0.1) is 5.41 Å². The molecule has 0 atom stereocenters. The number of nitrogens with zero attached hydrogens (tertiary/aromatic N) is 2. The normalized spacial score (nSPS) is 18.0. The lowest BCUT2D eigenvalue weighted by Crippen LogP contribution is -2.40. The van der Waals surface area contributed by atoms with Crippen molar-refractivity contribution in [2.45, 2.75) is 32.6 Å². The van der Waals surface area contributed by atoms with Crippen LogP contribution >= 0.6 is 0 Å². The van der Waals surface area contributed by atoms with Crippen molar-refractivity contribution in [2.24, 2.45) is 10.4 Å². The van der Waals surface area contributed by atoms with E-state index in [0.29, 0.717) is 12.0 Å². The van der Waals surface area contributed by atoms with Crippen LogP contribution in [-0.4, -0.2) is 46.5 Å². The number of sulfonamides is 1. The summed E-state index contributed by atoms with van der Waals surface area (Å²) >= 11 is 0. The lowest BCUT2D eigenvalue weighted by Gasteiger charge is -2.23. The molecule has 1 aromatic carbocycles. The van der Waals surface area contributed by atoms with E-state index in [1.807, 2.05) is 24.3 Å². The summed E-state index contributed by atoms with van der Waals surface area (Å²) in [6.07, 6.45) is 1.17. The van der Waals surface area contributed by atoms with Crippen molar-refractivity contribution in [1.29, 1.82) is 0 Å². The van der Waals surface area contributed by atoms with Gasteiger partial charge in [0.05, 0.1) is 5.75 Å². The molecule has 1 heterocycles. The maximum absolute atomic E-state index is 11.6. The highest BCUT2D eigenvalue weighted by atomic mass is 32.2. The molecule has 0 aromatic heterocycles. The summed E-state index contributed by atoms with van der Waals surface area (Å²) in [4.78, 5) is 6.66. The van der Waals surface area contributed by atoms with Gasteiger partial charge in [-0.2, -0.15) is 0 Å². The maximum Gasteiger partial charge on any atom is 0.215 e. The number of hydrogen-bond acceptors (Lipinski definition) is 3. The summed E-state index contributed by atoms with van der Waals surface area (Å²) in [5.74, 6) is 0.921. The summed E-state index contributed by atoms with van der Waals surface area (Å²) in [5, 5.41) is 3.39. The third kappa shape index (κ3) is 5.21. The fourth-order valence-electron chi connectivity index (χ4n) is 2.85. The minimum Gasteiger partial charge on any atom is -0.352 e. The van der Waals surface area contributed by atoms with Crippen LogP contribution in [0.25, 0.3) is 0 Å². The quantitative estimate of drug-likeness (QED) is 0.623. The molecular formula is C17H28N4O2S. The van der Waals surface area contributed by atoms with Gasteiger partial charge in [0.1, 0.15) is 0 Å². The van der Waals surface area contributed by atoms with Crippen LogP contribution in [0.15, 0.2) is 29.3 Å². The van der Waals surface area contributed by atoms with Gasteiger partial charge in [0.2, 0.25) is 10.0 Å². The summed E-state index contributed by atoms with van der Waals surface area (Å²) in [6, 6.07) is 7.62. The van der Waals surface area contributed by atoms with E-state index in [-0.39, 0.29) is 5.75 Å². The highest BCUT2D eigenvalue weighted by Crippen LogP contribution is 2.28. The molecule has 1 aromatic rings. The van der Waals surface area contributed by atoms with Gasteiger partial charge in [0, 0.05) is 26.7 Å². The van der Waals surface area contributed by atoms with Gasteiger partial charge in [0.15, 0.2) is 5.96 Å². The number of benzene rings is 1. The van der Waals surface area contributed by atoms with Crippen molar-refractivity contribution in [3.8, 4) is 0 Å². The Morgan fingerprint density at radius 1 is 1.25 bits per heavy atom. The number of guanidine groups is 1. The molecule has 2 rings (SSSR count). The van der Waals surface area contributed by atoms with E-state index >= 15 is 0 Å². The lowest BCUT2D eigenvalue weighted by molar-refractivity contribution is 0.370. The number of aliphatic imine (C=N–C) groups is 1. The largest absolute Gasteiger partial charge is 0.352 e. The second kappa shape index (κ2) is 7.53. The van der Waals surface area contributed by atoms with E-state index in [4.69, 9.17) is 0 Å². The second-order valence-corrected chi connectivity index (χ2v) is 8.94. The molecule has 7 heteroatoms. The number of rotatable bonds is 5. The molecule has 134 valence electrons. The summed E-state index contributed by atoms with van der Waals surface area (Å²) < 4.78 is 25.5. The van der Waals surface area contributed by atoms with Crippen LogP contribution in [0.5, 0.6) is 0 Å². The Morgan fingerprint density at radius 2 is 1.88 bits per heavy atom. The molecule has 0 bridgehead atoms. The molecule has 0 unspecified atom stereocenters. The maximum atomic E-state index is 11.6. The zero-order chi connectivity index (χ0) is 17.8. The van der Waals surface area contributed by atoms with Crippen LogP contribution in [0.4, 0.5) is 0 Å². The molecule has 0 spiro atoms. The van der Waals surface area contributed by atoms with Crippen molar-refractivity contribution < 1.29 is 8.42 Å². The number of likely N-dealkylation sites (tertiary alicyclic amines) is 1. The van der Waals surface area contributed by atoms with E-state index < -0.39 is 10.0 Å². The van der Waals surface area contributed by atoms with E-state index in [1.54, 1.807) is 7.05 Å². The molecule has 1 aliphatic rings. The Labute approximate surface area is 145 Å². The Hall–Kier alpha value is -1.60. The van der Waals surface area contributed by atoms with Gasteiger partial charge < -0.3 is 10.2 Å². The Morgan fingerprint density at radius 3 is 2.38 bits per heavy atom. The van der Waals surface area contributed by atoms with Crippen molar-refractivity contribution in [3.05, 3.63) is 35.4 Å². The van der Waals surface area contributed by atoms with Gasteiger partial charge in [-0.15, -0.1) is 0 Å². The predicted octanol–water partition coefficient (Wildman–Crippen LogP) is 1.54. The van der Waals surface area contributed by atoms with Gasteiger partial charge in [-0.3, -0.25) is 4.99 Å². The van der Waals surface area contributed by atoms with E-state index in [9.17, 15) is 8.42 Å². The van der Waals surface area contributed by atoms with E-state index in [0.717, 1.165) is 30.2 Å². The fourth-order valence-corrected chi connectivity index (χ4v) is 3.63. The van der Waals surface area contributed by atoms with Crippen molar-refractivity contribution in [3.63, 3.8) is 0 Å². The van der Waals surface area contributed by atoms with Crippen molar-refractivity contribution >= 4 is 16.0 Å². The summed E-state index contributed by atoms with van der Waals surface area (Å²) in [7, 11) is 0.00572. The van der Waals surface area contributed by atoms with Gasteiger partial charge in [-0.05, 0) is 30.0 Å². The predicted molar refractivity (Wildman–Crippen MR) is 98.3 cm³/mol. The zero-order valence-corrected chi connectivity index (χ0v) is 15.8. The topological polar surface area (TPSA) is 73.8 Å². The average molecular weight is 353 g/mol. The van der Waals surface area contributed by atoms with E-state index in [2.05, 4.69) is 33.8 Å². The highest BCUT2D eigenvalue weighted by Gasteiger charge is 2.30. The van der Waals surface area contributed by atoms with Crippen LogP contribution < -0.4 is 10.0 Å². The van der Waals surface area contributed by atoms with Crippen molar-refractivity contribution in [2.75, 3.05) is 27.2 Å². The lowest BCUT2D eigenvalue weighted by atomic mass is 9.93. The first kappa shape index (κ1) is 18.7. The average Bonchev–Trinajstić information content (AvgIpc) is 2.89. The van der Waals surface area contributed by atoms with Gasteiger partial charge in [0.25, 0.3) is 0 Å². The Bertz CT molecular complexity index is 681. The van der Waals surface area contributed by atoms with Gasteiger partial charge in [-0.25, -0.2) is 13.1 Å². The van der Waals surface area contributed by atoms with Crippen LogP contribution in [0.2, 0.25) is 0 Å². The molecule has 0 saturated carbocycles. The van der Waals surface area contributed by atoms with E-state index in [1.165, 1.54) is 13.5 Å². The molecule has 0 aliphatic carbocycles. The molecule has 1 saturated heterocycles. The zero-order valence-electron chi connectivity index (χ0n) is 15.0. The van der Waals surface area contributed by atoms with Crippen LogP contribution in [-0.2, 0) is 22.3 Å². The first-order valence-electron chi connectivity index (χ1n) is 8.19. The van der Waals surface area contributed by atoms with Crippen LogP contribution in [0.3, 0.4) is 0 Å². The number of hydrogen-bond donors (Lipinski definition) is 2. The Balaban J connectivity index is 1.92. The third-order valence-corrected chi connectivity index (χ3v) is 5.67. The molecule has 1 fully saturated rings. The molecule has 1 aliphatic heterocycles. The number of nitrogens with one attached hydrogen (secondary N) is 2. The molecule has 6 nitrogen and oxygen atoms in total.